The van der Waals surface area contributed by atoms with Crippen LogP contribution in [-0.4, -0.2) is 73.4 Å². The summed E-state index contributed by atoms with van der Waals surface area (Å²) in [4.78, 5) is 23.4. The van der Waals surface area contributed by atoms with Gasteiger partial charge in [-0.15, -0.1) is 0 Å². The van der Waals surface area contributed by atoms with E-state index in [1.807, 2.05) is 27.2 Å². The molecule has 0 spiro atoms. The normalized spacial score (nSPS) is 13.9. The molecule has 0 aromatic heterocycles. The van der Waals surface area contributed by atoms with Crippen molar-refractivity contribution < 1.29 is 32.9 Å². The second kappa shape index (κ2) is 60.3. The van der Waals surface area contributed by atoms with Gasteiger partial charge in [-0.05, 0) is 57.8 Å². The van der Waals surface area contributed by atoms with E-state index in [0.29, 0.717) is 17.4 Å². The number of aliphatic hydroxyl groups is 1. The van der Waals surface area contributed by atoms with Crippen LogP contribution in [0.25, 0.3) is 0 Å². The van der Waals surface area contributed by atoms with E-state index in [1.54, 1.807) is 6.08 Å². The molecule has 462 valence electrons. The molecule has 0 radical (unpaired) electrons. The Labute approximate surface area is 487 Å². The number of nitrogens with one attached hydrogen (secondary N) is 1. The lowest BCUT2D eigenvalue weighted by atomic mass is 10.0. The quantitative estimate of drug-likeness (QED) is 0.0243. The first-order valence-electron chi connectivity index (χ1n) is 34.4. The second-order valence-corrected chi connectivity index (χ2v) is 26.4. The summed E-state index contributed by atoms with van der Waals surface area (Å²) in [6.45, 7) is 4.85. The van der Waals surface area contributed by atoms with Crippen LogP contribution in [0.5, 0.6) is 0 Å². The highest BCUT2D eigenvalue weighted by Gasteiger charge is 2.28. The molecule has 0 saturated carbocycles. The van der Waals surface area contributed by atoms with Crippen LogP contribution in [0.4, 0.5) is 0 Å². The molecule has 3 atom stereocenters. The molecule has 1 amide bonds. The molecule has 3 unspecified atom stereocenters. The molecule has 0 aliphatic rings. The Hall–Kier alpha value is -1.28. The summed E-state index contributed by atoms with van der Waals surface area (Å²) in [7, 11) is 1.57. The van der Waals surface area contributed by atoms with Crippen molar-refractivity contribution in [1.29, 1.82) is 0 Å². The molecule has 3 N–H and O–H groups in total. The number of hydrogen-bond acceptors (Lipinski definition) is 5. The van der Waals surface area contributed by atoms with Gasteiger partial charge < -0.3 is 19.8 Å². The van der Waals surface area contributed by atoms with Crippen molar-refractivity contribution in [3.63, 3.8) is 0 Å². The summed E-state index contributed by atoms with van der Waals surface area (Å²) in [5.74, 6) is -0.180. The van der Waals surface area contributed by atoms with Gasteiger partial charge in [-0.1, -0.05) is 320 Å². The molecule has 8 nitrogen and oxygen atoms in total. The maximum absolute atomic E-state index is 13.0. The summed E-state index contributed by atoms with van der Waals surface area (Å²) < 4.78 is 23.8. The number of aliphatic hydroxyl groups excluding tert-OH is 1. The van der Waals surface area contributed by atoms with E-state index in [4.69, 9.17) is 9.05 Å². The zero-order valence-electron chi connectivity index (χ0n) is 52.9. The summed E-state index contributed by atoms with van der Waals surface area (Å²) in [5, 5.41) is 14.0. The molecule has 0 saturated heterocycles. The fourth-order valence-corrected chi connectivity index (χ4v) is 11.2. The Morgan fingerprint density at radius 1 is 0.423 bits per heavy atom. The molecule has 0 aliphatic heterocycles. The monoisotopic (exact) mass is 1120 g/mol. The van der Waals surface area contributed by atoms with E-state index in [2.05, 4.69) is 43.5 Å². The first-order valence-corrected chi connectivity index (χ1v) is 35.9. The van der Waals surface area contributed by atoms with E-state index >= 15 is 0 Å². The predicted molar refractivity (Wildman–Crippen MR) is 341 cm³/mol. The van der Waals surface area contributed by atoms with E-state index in [9.17, 15) is 19.4 Å². The number of phosphoric ester groups is 1. The molecule has 0 rings (SSSR count). The number of carbonyl (C=O) groups is 1. The topological polar surface area (TPSA) is 105 Å². The van der Waals surface area contributed by atoms with Crippen molar-refractivity contribution in [3.8, 4) is 0 Å². The molecule has 0 fully saturated rings. The molecule has 0 heterocycles. The minimum Gasteiger partial charge on any atom is -0.387 e. The van der Waals surface area contributed by atoms with Crippen molar-refractivity contribution >= 4 is 13.7 Å². The van der Waals surface area contributed by atoms with Gasteiger partial charge in [0.1, 0.15) is 13.2 Å². The van der Waals surface area contributed by atoms with Gasteiger partial charge in [0, 0.05) is 6.42 Å². The minimum atomic E-state index is -4.36. The molecule has 0 bridgehead atoms. The highest BCUT2D eigenvalue weighted by molar-refractivity contribution is 7.47. The number of quaternary nitrogens is 1. The highest BCUT2D eigenvalue weighted by atomic mass is 31.2. The molecule has 0 aliphatic carbocycles. The summed E-state index contributed by atoms with van der Waals surface area (Å²) in [5.41, 5.74) is 0. The molecule has 0 aromatic rings. The van der Waals surface area contributed by atoms with Crippen LogP contribution in [0.1, 0.15) is 348 Å². The SMILES string of the molecule is CCCCCCCCCC/C=C\CCCCCCCCCCCCCCCCCCCCCC(=O)NC(COP(=O)(O)OCC[N+](C)(C)C)C(O)/C=C/CC/C=C/CCCCCCCCCCCCCCCCCCCCC. The lowest BCUT2D eigenvalue weighted by molar-refractivity contribution is -0.870. The number of rotatable bonds is 64. The zero-order valence-corrected chi connectivity index (χ0v) is 53.8. The number of phosphoric acid groups is 1. The van der Waals surface area contributed by atoms with Gasteiger partial charge in [-0.3, -0.25) is 13.8 Å². The fourth-order valence-electron chi connectivity index (χ4n) is 10.5. The zero-order chi connectivity index (χ0) is 57.0. The van der Waals surface area contributed by atoms with Crippen LogP contribution >= 0.6 is 7.82 Å². The second-order valence-electron chi connectivity index (χ2n) is 24.9. The summed E-state index contributed by atoms with van der Waals surface area (Å²) >= 11 is 0. The standard InChI is InChI=1S/C69H135N2O6P/c1-6-8-10-12-14-16-18-20-22-24-26-28-30-32-33-34-35-36-37-39-41-43-45-47-49-51-53-55-57-59-61-63-69(73)70-67(66-77-78(74,75)76-65-64-71(3,4)5)68(72)62-60-58-56-54-52-50-48-46-44-42-40-38-31-29-27-25-23-21-19-17-15-13-11-9-7-2/h24,26,52,54,60,62,67-68,72H,6-23,25,27-51,53,55-59,61,63-66H2,1-5H3,(H-,70,73,74,75)/p+1/b26-24-,54-52+,62-60+. The van der Waals surface area contributed by atoms with Gasteiger partial charge in [-0.25, -0.2) is 4.57 Å². The third-order valence-corrected chi connectivity index (χ3v) is 16.8. The van der Waals surface area contributed by atoms with Crippen LogP contribution < -0.4 is 5.32 Å². The van der Waals surface area contributed by atoms with Gasteiger partial charge in [0.15, 0.2) is 0 Å². The van der Waals surface area contributed by atoms with E-state index < -0.39 is 20.0 Å². The van der Waals surface area contributed by atoms with Crippen molar-refractivity contribution in [2.24, 2.45) is 0 Å². The average molecular weight is 1120 g/mol. The fraction of sp³-hybridized carbons (Fsp3) is 0.899. The van der Waals surface area contributed by atoms with Crippen LogP contribution in [0.15, 0.2) is 36.5 Å². The maximum atomic E-state index is 13.0. The number of nitrogens with zero attached hydrogens (tertiary/aromatic N) is 1. The lowest BCUT2D eigenvalue weighted by Crippen LogP contribution is -2.45. The Kier molecular flexibility index (Phi) is 59.3. The van der Waals surface area contributed by atoms with Gasteiger partial charge in [0.05, 0.1) is 39.9 Å². The number of likely N-dealkylation sites (N-methyl/N-ethyl adjacent to an activating group) is 1. The summed E-state index contributed by atoms with van der Waals surface area (Å²) in [6, 6.07) is -0.863. The van der Waals surface area contributed by atoms with Gasteiger partial charge in [-0.2, -0.15) is 0 Å². The third kappa shape index (κ3) is 62.3. The van der Waals surface area contributed by atoms with Crippen molar-refractivity contribution in [1.82, 2.24) is 5.32 Å². The van der Waals surface area contributed by atoms with Crippen LogP contribution in [0.2, 0.25) is 0 Å². The van der Waals surface area contributed by atoms with E-state index in [1.165, 1.54) is 289 Å². The van der Waals surface area contributed by atoms with Crippen LogP contribution in [-0.2, 0) is 18.4 Å². The first kappa shape index (κ1) is 76.7. The number of amides is 1. The van der Waals surface area contributed by atoms with Crippen molar-refractivity contribution in [2.45, 2.75) is 360 Å². The molecular weight excluding hydrogens is 984 g/mol. The number of carbonyl (C=O) groups excluding carboxylic acids is 1. The first-order chi connectivity index (χ1) is 38.0. The average Bonchev–Trinajstić information content (AvgIpc) is 3.41. The Balaban J connectivity index is 4.08. The largest absolute Gasteiger partial charge is 0.472 e. The Morgan fingerprint density at radius 2 is 0.705 bits per heavy atom. The Bertz CT molecular complexity index is 1360. The van der Waals surface area contributed by atoms with Crippen LogP contribution in [0, 0.1) is 0 Å². The highest BCUT2D eigenvalue weighted by Crippen LogP contribution is 2.43. The van der Waals surface area contributed by atoms with E-state index in [-0.39, 0.29) is 19.1 Å². The smallest absolute Gasteiger partial charge is 0.387 e. The van der Waals surface area contributed by atoms with E-state index in [0.717, 1.165) is 38.5 Å². The molecule has 0 aromatic carbocycles. The van der Waals surface area contributed by atoms with Crippen molar-refractivity contribution in [2.75, 3.05) is 40.9 Å². The number of hydrogen-bond donors (Lipinski definition) is 3. The van der Waals surface area contributed by atoms with Crippen LogP contribution in [0.3, 0.4) is 0 Å². The van der Waals surface area contributed by atoms with Gasteiger partial charge in [0.2, 0.25) is 5.91 Å². The third-order valence-electron chi connectivity index (χ3n) is 15.8. The van der Waals surface area contributed by atoms with Gasteiger partial charge >= 0.3 is 7.82 Å². The Morgan fingerprint density at radius 3 is 1.03 bits per heavy atom. The van der Waals surface area contributed by atoms with Gasteiger partial charge in [0.25, 0.3) is 0 Å². The molecular formula is C69H136N2O6P+. The van der Waals surface area contributed by atoms with Crippen molar-refractivity contribution in [3.05, 3.63) is 36.5 Å². The number of allylic oxidation sites excluding steroid dienone is 5. The molecule has 78 heavy (non-hydrogen) atoms. The minimum absolute atomic E-state index is 0.0580. The maximum Gasteiger partial charge on any atom is 0.472 e. The molecule has 9 heteroatoms. The summed E-state index contributed by atoms with van der Waals surface area (Å²) in [6.07, 6.45) is 80.1. The lowest BCUT2D eigenvalue weighted by Gasteiger charge is -2.25. The number of unbranched alkanes of at least 4 members (excludes halogenated alkanes) is 47. The predicted octanol–water partition coefficient (Wildman–Crippen LogP) is 21.7.